The molecule has 0 amide bonds. The lowest BCUT2D eigenvalue weighted by Crippen LogP contribution is -2.20. The van der Waals surface area contributed by atoms with Crippen molar-refractivity contribution in [2.75, 3.05) is 0 Å². The van der Waals surface area contributed by atoms with Gasteiger partial charge in [-0.05, 0) is 114 Å². The van der Waals surface area contributed by atoms with Gasteiger partial charge in [-0.25, -0.2) is 0 Å². The topological polar surface area (TPSA) is 26.0 Å². The monoisotopic (exact) mass is 542 g/mol. The third kappa shape index (κ3) is 4.76. The maximum Gasteiger partial charge on any atom is 0.144 e. The summed E-state index contributed by atoms with van der Waals surface area (Å²) in [4.78, 5) is 4.60. The van der Waals surface area contributed by atoms with Crippen molar-refractivity contribution in [1.82, 2.24) is 4.98 Å². The lowest BCUT2D eigenvalue weighted by molar-refractivity contribution is 0.224. The van der Waals surface area contributed by atoms with E-state index in [1.807, 2.05) is 66.7 Å². The number of pyridine rings is 1. The van der Waals surface area contributed by atoms with E-state index in [2.05, 4.69) is 24.9 Å². The molecule has 2 heterocycles. The highest BCUT2D eigenvalue weighted by Crippen LogP contribution is 2.43. The number of aromatic nitrogens is 1. The number of furan rings is 1. The van der Waals surface area contributed by atoms with Crippen molar-refractivity contribution in [2.24, 2.45) is 5.41 Å². The van der Waals surface area contributed by atoms with E-state index in [0.29, 0.717) is 46.4 Å². The average Bonchev–Trinajstić information content (AvgIpc) is 3.43. The van der Waals surface area contributed by atoms with Crippen LogP contribution in [0.5, 0.6) is 0 Å². The van der Waals surface area contributed by atoms with Gasteiger partial charge in [-0.1, -0.05) is 80.6 Å². The first-order valence-corrected chi connectivity index (χ1v) is 14.3. The van der Waals surface area contributed by atoms with E-state index < -0.39 is 19.6 Å². The molecule has 0 spiro atoms. The normalized spacial score (nSPS) is 19.4. The van der Waals surface area contributed by atoms with Crippen LogP contribution in [0, 0.1) is 19.1 Å². The summed E-state index contributed by atoms with van der Waals surface area (Å²) in [5.41, 5.74) is 5.95. The maximum absolute atomic E-state index is 9.29. The van der Waals surface area contributed by atoms with Crippen molar-refractivity contribution in [1.29, 1.82) is 0 Å². The lowest BCUT2D eigenvalue weighted by Gasteiger charge is -2.34. The molecule has 1 fully saturated rings. The Balaban J connectivity index is 1.38. The average molecular weight is 543 g/mol. The van der Waals surface area contributed by atoms with Crippen LogP contribution >= 0.6 is 0 Å². The molecule has 0 aliphatic heterocycles. The molecule has 6 aromatic rings. The summed E-state index contributed by atoms with van der Waals surface area (Å²) in [5, 5.41) is 1.84. The fourth-order valence-electron chi connectivity index (χ4n) is 6.15. The van der Waals surface area contributed by atoms with Gasteiger partial charge in [-0.2, -0.15) is 0 Å². The molecule has 0 atom stereocenters. The van der Waals surface area contributed by atoms with Crippen LogP contribution in [0.3, 0.4) is 0 Å². The van der Waals surface area contributed by atoms with E-state index >= 15 is 0 Å². The summed E-state index contributed by atoms with van der Waals surface area (Å²) in [5.74, 6) is -0.901. The third-order valence-electron chi connectivity index (χ3n) is 8.71. The quantitative estimate of drug-likeness (QED) is 0.221. The zero-order chi connectivity index (χ0) is 34.1. The molecular weight excluding hydrogens is 498 g/mol. The third-order valence-corrected chi connectivity index (χ3v) is 8.71. The van der Waals surface area contributed by atoms with Crippen molar-refractivity contribution in [3.63, 3.8) is 0 Å². The fourth-order valence-corrected chi connectivity index (χ4v) is 6.15. The number of para-hydroxylation sites is 1. The number of hydrogen-bond acceptors (Lipinski definition) is 2. The van der Waals surface area contributed by atoms with Gasteiger partial charge < -0.3 is 4.42 Å². The number of rotatable bonds is 4. The molecule has 2 aromatic heterocycles. The highest BCUT2D eigenvalue weighted by atomic mass is 16.3. The number of nitrogens with zero attached hydrogens (tertiary/aromatic N) is 1. The molecule has 1 aliphatic rings. The second kappa shape index (κ2) is 10.0. The molecule has 0 N–H and O–H groups in total. The second-order valence-corrected chi connectivity index (χ2v) is 12.0. The van der Waals surface area contributed by atoms with Crippen LogP contribution in [0.25, 0.3) is 55.4 Å². The van der Waals surface area contributed by atoms with Crippen LogP contribution in [0.4, 0.5) is 0 Å². The van der Waals surface area contributed by atoms with Crippen LogP contribution in [0.1, 0.15) is 71.7 Å². The molecule has 0 unspecified atom stereocenters. The van der Waals surface area contributed by atoms with Crippen molar-refractivity contribution in [3.05, 3.63) is 114 Å². The Morgan fingerprint density at radius 2 is 1.59 bits per heavy atom. The summed E-state index contributed by atoms with van der Waals surface area (Å²) < 4.78 is 66.2. The van der Waals surface area contributed by atoms with Gasteiger partial charge in [0.25, 0.3) is 0 Å². The standard InChI is InChI=1S/C39H37NO/c1-25-21-29(28-17-19-39(3,4)20-18-28)13-15-31(25)35-23-36(40-24-26(35)2)34-12-8-11-33-32-16-14-30(22-37(32)41-38(33)34)27-9-6-5-7-10-27/h5-16,21-24,28H,17-20H2,1-4H3/i1D3,2D3,28D. The molecule has 41 heavy (non-hydrogen) atoms. The molecular formula is C39H37NO. The largest absolute Gasteiger partial charge is 0.455 e. The van der Waals surface area contributed by atoms with E-state index in [4.69, 9.17) is 12.6 Å². The minimum Gasteiger partial charge on any atom is -0.455 e. The summed E-state index contributed by atoms with van der Waals surface area (Å²) in [6.07, 6.45) is 4.35. The van der Waals surface area contributed by atoms with E-state index in [1.165, 1.54) is 6.20 Å². The van der Waals surface area contributed by atoms with Crippen molar-refractivity contribution in [2.45, 2.75) is 59.1 Å². The highest BCUT2D eigenvalue weighted by Gasteiger charge is 2.28. The Morgan fingerprint density at radius 3 is 2.39 bits per heavy atom. The molecule has 204 valence electrons. The predicted molar refractivity (Wildman–Crippen MR) is 172 cm³/mol. The van der Waals surface area contributed by atoms with E-state index in [-0.39, 0.29) is 22.1 Å². The van der Waals surface area contributed by atoms with Gasteiger partial charge in [0.15, 0.2) is 0 Å². The molecule has 1 aliphatic carbocycles. The Hall–Kier alpha value is -4.17. The SMILES string of the molecule is [2H]C([2H])([2H])c1cnc(-c2cccc3c2oc2cc(-c4ccccc4)ccc23)cc1-c1ccc(C2([2H])CCC(C)(C)CC2)cc1C([2H])([2H])[2H]. The Morgan fingerprint density at radius 1 is 0.756 bits per heavy atom. The molecule has 4 aromatic carbocycles. The van der Waals surface area contributed by atoms with Gasteiger partial charge in [-0.3, -0.25) is 4.98 Å². The first-order chi connectivity index (χ1) is 22.6. The van der Waals surface area contributed by atoms with E-state index in [0.717, 1.165) is 34.7 Å². The Labute approximate surface area is 252 Å². The fraction of sp³-hybridized carbons (Fsp3) is 0.256. The number of benzene rings is 4. The number of fused-ring (bicyclic) bond motifs is 3. The number of hydrogen-bond donors (Lipinski definition) is 0. The molecule has 7 rings (SSSR count). The molecule has 2 heteroatoms. The zero-order valence-electron chi connectivity index (χ0n) is 30.4. The van der Waals surface area contributed by atoms with Crippen LogP contribution < -0.4 is 0 Å². The van der Waals surface area contributed by atoms with Gasteiger partial charge >= 0.3 is 0 Å². The maximum atomic E-state index is 9.29. The highest BCUT2D eigenvalue weighted by molar-refractivity contribution is 6.10. The molecule has 2 nitrogen and oxygen atoms in total. The summed E-state index contributed by atoms with van der Waals surface area (Å²) in [7, 11) is 0. The van der Waals surface area contributed by atoms with Gasteiger partial charge in [-0.15, -0.1) is 0 Å². The van der Waals surface area contributed by atoms with E-state index in [9.17, 15) is 1.37 Å². The first kappa shape index (κ1) is 19.0. The minimum absolute atomic E-state index is 0.0335. The van der Waals surface area contributed by atoms with Crippen LogP contribution in [0.15, 0.2) is 102 Å². The molecule has 0 radical (unpaired) electrons. The molecule has 0 saturated heterocycles. The Kier molecular flexibility index (Phi) is 4.66. The summed E-state index contributed by atoms with van der Waals surface area (Å²) in [6.45, 7) is -0.680. The number of aryl methyl sites for hydroxylation is 2. The lowest BCUT2D eigenvalue weighted by atomic mass is 9.71. The van der Waals surface area contributed by atoms with Crippen molar-refractivity contribution < 1.29 is 14.0 Å². The summed E-state index contributed by atoms with van der Waals surface area (Å²) >= 11 is 0. The van der Waals surface area contributed by atoms with Crippen molar-refractivity contribution >= 4 is 21.9 Å². The minimum atomic E-state index is -2.55. The predicted octanol–water partition coefficient (Wildman–Crippen LogP) is 11.3. The van der Waals surface area contributed by atoms with Gasteiger partial charge in [0.2, 0.25) is 0 Å². The van der Waals surface area contributed by atoms with Crippen LogP contribution in [-0.4, -0.2) is 4.98 Å². The zero-order valence-corrected chi connectivity index (χ0v) is 23.4. The Bertz CT molecular complexity index is 2150. The van der Waals surface area contributed by atoms with E-state index in [1.54, 1.807) is 18.2 Å². The van der Waals surface area contributed by atoms with Gasteiger partial charge in [0.05, 0.1) is 5.69 Å². The molecule has 1 saturated carbocycles. The first-order valence-electron chi connectivity index (χ1n) is 17.8. The molecule has 0 bridgehead atoms. The second-order valence-electron chi connectivity index (χ2n) is 12.0. The van der Waals surface area contributed by atoms with Gasteiger partial charge in [0.1, 0.15) is 11.2 Å². The van der Waals surface area contributed by atoms with Crippen LogP contribution in [-0.2, 0) is 0 Å². The van der Waals surface area contributed by atoms with Crippen molar-refractivity contribution in [3.8, 4) is 33.5 Å². The van der Waals surface area contributed by atoms with Gasteiger partial charge in [0, 0.05) is 32.1 Å². The summed E-state index contributed by atoms with van der Waals surface area (Å²) in [6, 6.07) is 28.8. The smallest absolute Gasteiger partial charge is 0.144 e. The van der Waals surface area contributed by atoms with Crippen LogP contribution in [0.2, 0.25) is 0 Å².